The van der Waals surface area contributed by atoms with Crippen LogP contribution in [0.2, 0.25) is 0 Å². The molecule has 8 heteroatoms. The van der Waals surface area contributed by atoms with Crippen LogP contribution in [0.3, 0.4) is 0 Å². The van der Waals surface area contributed by atoms with Gasteiger partial charge in [0.05, 0.1) is 12.1 Å². The molecule has 0 radical (unpaired) electrons. The maximum absolute atomic E-state index is 14.1. The number of nitrogens with one attached hydrogen (secondary N) is 3. The summed E-state index contributed by atoms with van der Waals surface area (Å²) in [6.45, 7) is 0.933. The number of benzene rings is 1. The van der Waals surface area contributed by atoms with Gasteiger partial charge in [-0.2, -0.15) is 4.98 Å². The molecule has 1 saturated carbocycles. The zero-order valence-corrected chi connectivity index (χ0v) is 14.3. The van der Waals surface area contributed by atoms with Crippen LogP contribution in [0.1, 0.15) is 24.8 Å². The van der Waals surface area contributed by atoms with Gasteiger partial charge in [-0.3, -0.25) is 4.79 Å². The fourth-order valence-corrected chi connectivity index (χ4v) is 3.68. The number of halogens is 1. The summed E-state index contributed by atoms with van der Waals surface area (Å²) < 4.78 is 14.1. The second-order valence-corrected chi connectivity index (χ2v) is 6.75. The summed E-state index contributed by atoms with van der Waals surface area (Å²) in [5.74, 6) is -0.844. The van der Waals surface area contributed by atoms with Gasteiger partial charge in [0.25, 0.3) is 0 Å². The summed E-state index contributed by atoms with van der Waals surface area (Å²) in [4.78, 5) is 19.8. The van der Waals surface area contributed by atoms with Gasteiger partial charge in [0.1, 0.15) is 0 Å². The molecule has 1 aliphatic carbocycles. The minimum absolute atomic E-state index is 0.0833. The number of amides is 1. The molecular weight excluding hydrogens is 335 g/mol. The van der Waals surface area contributed by atoms with Crippen molar-refractivity contribution in [3.05, 3.63) is 35.8 Å². The van der Waals surface area contributed by atoms with Gasteiger partial charge in [0.2, 0.25) is 11.9 Å². The van der Waals surface area contributed by atoms with Crippen molar-refractivity contribution in [3.63, 3.8) is 0 Å². The lowest BCUT2D eigenvalue weighted by atomic mass is 10.0. The highest BCUT2D eigenvalue weighted by atomic mass is 19.1. The molecule has 136 valence electrons. The van der Waals surface area contributed by atoms with E-state index in [-0.39, 0.29) is 23.7 Å². The molecular formula is C18H21FN6O. The molecule has 26 heavy (non-hydrogen) atoms. The number of primary amides is 1. The summed E-state index contributed by atoms with van der Waals surface area (Å²) >= 11 is 0. The summed E-state index contributed by atoms with van der Waals surface area (Å²) in [6.07, 6.45) is 4.49. The van der Waals surface area contributed by atoms with E-state index in [0.717, 1.165) is 43.4 Å². The van der Waals surface area contributed by atoms with E-state index in [9.17, 15) is 9.18 Å². The van der Waals surface area contributed by atoms with E-state index in [2.05, 4.69) is 32.0 Å². The lowest BCUT2D eigenvalue weighted by Gasteiger charge is -2.19. The van der Waals surface area contributed by atoms with E-state index < -0.39 is 5.82 Å². The Bertz CT molecular complexity index is 842. The number of carbonyl (C=O) groups excluding carboxylic acids is 1. The Labute approximate surface area is 150 Å². The lowest BCUT2D eigenvalue weighted by Crippen LogP contribution is -2.34. The van der Waals surface area contributed by atoms with Crippen LogP contribution in [0.5, 0.6) is 0 Å². The van der Waals surface area contributed by atoms with E-state index in [1.165, 1.54) is 5.56 Å². The zero-order valence-electron chi connectivity index (χ0n) is 14.3. The van der Waals surface area contributed by atoms with Crippen LogP contribution < -0.4 is 21.7 Å². The first-order valence-electron chi connectivity index (χ1n) is 8.82. The average Bonchev–Trinajstić information content (AvgIpc) is 3.26. The van der Waals surface area contributed by atoms with Crippen molar-refractivity contribution >= 4 is 29.0 Å². The summed E-state index contributed by atoms with van der Waals surface area (Å²) in [7, 11) is 0. The molecule has 1 aromatic heterocycles. The normalized spacial score (nSPS) is 21.1. The Morgan fingerprint density at radius 1 is 1.35 bits per heavy atom. The highest BCUT2D eigenvalue weighted by molar-refractivity contribution is 5.78. The molecule has 2 atom stereocenters. The van der Waals surface area contributed by atoms with Crippen molar-refractivity contribution in [3.8, 4) is 0 Å². The minimum Gasteiger partial charge on any atom is -0.384 e. The monoisotopic (exact) mass is 356 g/mol. The highest BCUT2D eigenvalue weighted by Gasteiger charge is 2.32. The number of anilines is 4. The molecule has 1 aromatic carbocycles. The number of nitrogens with zero attached hydrogens (tertiary/aromatic N) is 2. The van der Waals surface area contributed by atoms with Crippen molar-refractivity contribution in [1.29, 1.82) is 0 Å². The number of nitrogens with two attached hydrogens (primary N) is 1. The number of fused-ring (bicyclic) bond motifs is 1. The van der Waals surface area contributed by atoms with Gasteiger partial charge < -0.3 is 21.7 Å². The van der Waals surface area contributed by atoms with Gasteiger partial charge in [-0.05, 0) is 37.0 Å². The number of aromatic nitrogens is 2. The summed E-state index contributed by atoms with van der Waals surface area (Å²) in [5.41, 5.74) is 8.62. The quantitative estimate of drug-likeness (QED) is 0.656. The third-order valence-corrected chi connectivity index (χ3v) is 5.02. The molecule has 0 spiro atoms. The van der Waals surface area contributed by atoms with E-state index >= 15 is 0 Å². The second-order valence-electron chi connectivity index (χ2n) is 6.75. The lowest BCUT2D eigenvalue weighted by molar-refractivity contribution is -0.121. The Morgan fingerprint density at radius 2 is 2.23 bits per heavy atom. The minimum atomic E-state index is -0.554. The average molecular weight is 356 g/mol. The van der Waals surface area contributed by atoms with E-state index in [4.69, 9.17) is 5.73 Å². The van der Waals surface area contributed by atoms with Crippen LogP contribution >= 0.6 is 0 Å². The van der Waals surface area contributed by atoms with Crippen LogP contribution in [0.25, 0.3) is 0 Å². The molecule has 0 unspecified atom stereocenters. The SMILES string of the molecule is NC(=O)[C@@H]1CCC[C@@H]1Nc1nc(Nc2ccc3c(c2)NCC3)ncc1F. The van der Waals surface area contributed by atoms with Crippen LogP contribution in [0, 0.1) is 11.7 Å². The third-order valence-electron chi connectivity index (χ3n) is 5.02. The number of carbonyl (C=O) groups is 1. The number of rotatable bonds is 5. The fraction of sp³-hybridized carbons (Fsp3) is 0.389. The molecule has 7 nitrogen and oxygen atoms in total. The van der Waals surface area contributed by atoms with Crippen molar-refractivity contribution in [2.45, 2.75) is 31.7 Å². The Hall–Kier alpha value is -2.90. The standard InChI is InChI=1S/C18H21FN6O/c19-13-9-22-18(23-11-5-4-10-6-7-21-15(10)8-11)25-17(13)24-14-3-1-2-12(14)16(20)26/h4-5,8-9,12,14,21H,1-3,6-7H2,(H2,20,26)(H2,22,23,24,25)/t12-,14+/m1/s1. The maximum atomic E-state index is 14.1. The molecule has 1 aliphatic heterocycles. The first-order chi connectivity index (χ1) is 12.6. The second kappa shape index (κ2) is 6.78. The molecule has 2 aromatic rings. The molecule has 0 bridgehead atoms. The van der Waals surface area contributed by atoms with Crippen LogP contribution in [0.4, 0.5) is 27.5 Å². The summed E-state index contributed by atoms with van der Waals surface area (Å²) in [5, 5.41) is 9.44. The first kappa shape index (κ1) is 16.6. The number of hydrogen-bond acceptors (Lipinski definition) is 6. The van der Waals surface area contributed by atoms with E-state index in [0.29, 0.717) is 12.4 Å². The predicted octanol–water partition coefficient (Wildman–Crippen LogP) is 2.39. The smallest absolute Gasteiger partial charge is 0.229 e. The third kappa shape index (κ3) is 3.26. The Morgan fingerprint density at radius 3 is 3.08 bits per heavy atom. The van der Waals surface area contributed by atoms with Crippen LogP contribution in [-0.4, -0.2) is 28.5 Å². The largest absolute Gasteiger partial charge is 0.384 e. The van der Waals surface area contributed by atoms with Gasteiger partial charge in [0, 0.05) is 24.0 Å². The van der Waals surface area contributed by atoms with Gasteiger partial charge in [0.15, 0.2) is 11.6 Å². The predicted molar refractivity (Wildman–Crippen MR) is 97.9 cm³/mol. The molecule has 5 N–H and O–H groups in total. The number of hydrogen-bond donors (Lipinski definition) is 4. The first-order valence-corrected chi connectivity index (χ1v) is 8.82. The van der Waals surface area contributed by atoms with E-state index in [1.54, 1.807) is 0 Å². The van der Waals surface area contributed by atoms with Gasteiger partial charge >= 0.3 is 0 Å². The van der Waals surface area contributed by atoms with Gasteiger partial charge in [-0.1, -0.05) is 12.5 Å². The van der Waals surface area contributed by atoms with Gasteiger partial charge in [-0.15, -0.1) is 0 Å². The zero-order chi connectivity index (χ0) is 18.1. The Balaban J connectivity index is 1.52. The molecule has 1 amide bonds. The highest BCUT2D eigenvalue weighted by Crippen LogP contribution is 2.30. The van der Waals surface area contributed by atoms with Crippen LogP contribution in [-0.2, 0) is 11.2 Å². The van der Waals surface area contributed by atoms with E-state index in [1.807, 2.05) is 12.1 Å². The van der Waals surface area contributed by atoms with Crippen molar-refractivity contribution in [2.75, 3.05) is 22.5 Å². The van der Waals surface area contributed by atoms with Crippen molar-refractivity contribution in [1.82, 2.24) is 9.97 Å². The molecule has 2 aliphatic rings. The summed E-state index contributed by atoms with van der Waals surface area (Å²) in [6, 6.07) is 5.79. The molecule has 2 heterocycles. The van der Waals surface area contributed by atoms with Crippen molar-refractivity contribution < 1.29 is 9.18 Å². The molecule has 1 fully saturated rings. The molecule has 0 saturated heterocycles. The fourth-order valence-electron chi connectivity index (χ4n) is 3.68. The van der Waals surface area contributed by atoms with Crippen molar-refractivity contribution in [2.24, 2.45) is 11.7 Å². The topological polar surface area (TPSA) is 105 Å². The van der Waals surface area contributed by atoms with Crippen LogP contribution in [0.15, 0.2) is 24.4 Å². The molecule has 4 rings (SSSR count). The Kier molecular flexibility index (Phi) is 4.32. The van der Waals surface area contributed by atoms with Gasteiger partial charge in [-0.25, -0.2) is 9.37 Å². The maximum Gasteiger partial charge on any atom is 0.229 e.